The van der Waals surface area contributed by atoms with Crippen LogP contribution in [0.1, 0.15) is 39.0 Å². The van der Waals surface area contributed by atoms with Gasteiger partial charge in [-0.1, -0.05) is 13.3 Å². The van der Waals surface area contributed by atoms with Gasteiger partial charge in [-0.05, 0) is 31.6 Å². The lowest BCUT2D eigenvalue weighted by Gasteiger charge is -2.46. The Labute approximate surface area is 109 Å². The smallest absolute Gasteiger partial charge is 0.154 e. The molecule has 3 rings (SSSR count). The summed E-state index contributed by atoms with van der Waals surface area (Å²) in [6.07, 6.45) is 5.76. The van der Waals surface area contributed by atoms with Gasteiger partial charge >= 0.3 is 0 Å². The zero-order valence-electron chi connectivity index (χ0n) is 11.0. The molecule has 5 heteroatoms. The first kappa shape index (κ1) is 12.9. The van der Waals surface area contributed by atoms with E-state index in [1.54, 1.807) is 0 Å². The number of ether oxygens (including phenoxy) is 1. The fourth-order valence-corrected chi connectivity index (χ4v) is 5.52. The van der Waals surface area contributed by atoms with Crippen LogP contribution in [0.4, 0.5) is 0 Å². The predicted octanol–water partition coefficient (Wildman–Crippen LogP) is 1.11. The van der Waals surface area contributed by atoms with Crippen LogP contribution in [0.3, 0.4) is 0 Å². The van der Waals surface area contributed by atoms with Crippen molar-refractivity contribution in [2.45, 2.75) is 56.8 Å². The second kappa shape index (κ2) is 4.46. The SMILES string of the molecule is CCC1CCC2(CC1)CNC1CS(=O)(=O)CC1O2. The Bertz CT molecular complexity index is 412. The van der Waals surface area contributed by atoms with Crippen LogP contribution >= 0.6 is 0 Å². The van der Waals surface area contributed by atoms with Crippen molar-refractivity contribution in [1.29, 1.82) is 0 Å². The molecule has 2 heterocycles. The molecule has 1 spiro atoms. The third-order valence-electron chi connectivity index (χ3n) is 4.98. The van der Waals surface area contributed by atoms with Crippen molar-refractivity contribution in [3.63, 3.8) is 0 Å². The Morgan fingerprint density at radius 2 is 2.00 bits per heavy atom. The summed E-state index contributed by atoms with van der Waals surface area (Å²) >= 11 is 0. The highest BCUT2D eigenvalue weighted by molar-refractivity contribution is 7.91. The normalized spacial score (nSPS) is 47.1. The lowest BCUT2D eigenvalue weighted by atomic mass is 9.76. The molecule has 0 amide bonds. The Kier molecular flexibility index (Phi) is 3.19. The molecule has 104 valence electrons. The van der Waals surface area contributed by atoms with E-state index in [0.717, 1.165) is 25.3 Å². The van der Waals surface area contributed by atoms with E-state index in [0.29, 0.717) is 0 Å². The molecule has 3 aliphatic rings. The summed E-state index contributed by atoms with van der Waals surface area (Å²) in [7, 11) is -2.89. The largest absolute Gasteiger partial charge is 0.368 e. The number of fused-ring (bicyclic) bond motifs is 1. The molecule has 18 heavy (non-hydrogen) atoms. The van der Waals surface area contributed by atoms with E-state index >= 15 is 0 Å². The number of nitrogens with one attached hydrogen (secondary N) is 1. The first-order valence-corrected chi connectivity index (χ1v) is 8.96. The van der Waals surface area contributed by atoms with Crippen LogP contribution in [-0.4, -0.2) is 44.2 Å². The lowest BCUT2D eigenvalue weighted by molar-refractivity contribution is -0.141. The summed E-state index contributed by atoms with van der Waals surface area (Å²) in [5.74, 6) is 1.30. The van der Waals surface area contributed by atoms with E-state index in [-0.39, 0.29) is 29.3 Å². The van der Waals surface area contributed by atoms with E-state index in [2.05, 4.69) is 12.2 Å². The highest BCUT2D eigenvalue weighted by Gasteiger charge is 2.48. The van der Waals surface area contributed by atoms with Crippen molar-refractivity contribution >= 4 is 9.84 Å². The average Bonchev–Trinajstić information content (AvgIpc) is 2.63. The summed E-state index contributed by atoms with van der Waals surface area (Å²) in [5, 5.41) is 3.43. The van der Waals surface area contributed by atoms with Crippen molar-refractivity contribution in [2.75, 3.05) is 18.1 Å². The minimum atomic E-state index is -2.89. The van der Waals surface area contributed by atoms with E-state index in [9.17, 15) is 8.42 Å². The molecular formula is C13H23NO3S. The van der Waals surface area contributed by atoms with E-state index < -0.39 is 9.84 Å². The second-order valence-electron chi connectivity index (χ2n) is 6.26. The summed E-state index contributed by atoms with van der Waals surface area (Å²) in [6, 6.07) is 0.0320. The molecule has 1 saturated carbocycles. The molecule has 2 atom stereocenters. The molecule has 2 aliphatic heterocycles. The molecule has 4 nitrogen and oxygen atoms in total. The van der Waals surface area contributed by atoms with Crippen LogP contribution in [0.5, 0.6) is 0 Å². The van der Waals surface area contributed by atoms with Crippen LogP contribution in [0.2, 0.25) is 0 Å². The van der Waals surface area contributed by atoms with Gasteiger partial charge in [-0.3, -0.25) is 0 Å². The minimum absolute atomic E-state index is 0.0320. The highest BCUT2D eigenvalue weighted by atomic mass is 32.2. The molecule has 1 N–H and O–H groups in total. The Hall–Kier alpha value is -0.130. The number of morpholine rings is 1. The van der Waals surface area contributed by atoms with Gasteiger partial charge in [-0.2, -0.15) is 0 Å². The Morgan fingerprint density at radius 1 is 1.28 bits per heavy atom. The standard InChI is InChI=1S/C13H23NO3S/c1-2-10-3-5-13(6-4-10)9-14-11-7-18(15,16)8-12(11)17-13/h10-12,14H,2-9H2,1H3. The van der Waals surface area contributed by atoms with Gasteiger partial charge in [0.15, 0.2) is 9.84 Å². The highest BCUT2D eigenvalue weighted by Crippen LogP contribution is 2.40. The zero-order valence-corrected chi connectivity index (χ0v) is 11.8. The van der Waals surface area contributed by atoms with Crippen molar-refractivity contribution in [1.82, 2.24) is 5.32 Å². The van der Waals surface area contributed by atoms with Gasteiger partial charge in [-0.25, -0.2) is 8.42 Å². The van der Waals surface area contributed by atoms with Crippen molar-refractivity contribution < 1.29 is 13.2 Å². The fourth-order valence-electron chi connectivity index (χ4n) is 3.71. The van der Waals surface area contributed by atoms with Gasteiger partial charge < -0.3 is 10.1 Å². The maximum Gasteiger partial charge on any atom is 0.154 e. The quantitative estimate of drug-likeness (QED) is 0.777. The van der Waals surface area contributed by atoms with Gasteiger partial charge in [0.1, 0.15) is 0 Å². The summed E-state index contributed by atoms with van der Waals surface area (Å²) in [6.45, 7) is 3.09. The molecule has 0 aromatic carbocycles. The zero-order chi connectivity index (χ0) is 12.8. The van der Waals surface area contributed by atoms with Gasteiger partial charge in [-0.15, -0.1) is 0 Å². The minimum Gasteiger partial charge on any atom is -0.368 e. The molecule has 3 fully saturated rings. The topological polar surface area (TPSA) is 55.4 Å². The molecular weight excluding hydrogens is 250 g/mol. The lowest BCUT2D eigenvalue weighted by Crippen LogP contribution is -2.59. The fraction of sp³-hybridized carbons (Fsp3) is 1.00. The monoisotopic (exact) mass is 273 g/mol. The second-order valence-corrected chi connectivity index (χ2v) is 8.41. The van der Waals surface area contributed by atoms with Crippen LogP contribution in [-0.2, 0) is 14.6 Å². The van der Waals surface area contributed by atoms with Crippen LogP contribution in [0.15, 0.2) is 0 Å². The number of hydrogen-bond donors (Lipinski definition) is 1. The van der Waals surface area contributed by atoms with Crippen molar-refractivity contribution in [2.24, 2.45) is 5.92 Å². The molecule has 0 aromatic heterocycles. The number of hydrogen-bond acceptors (Lipinski definition) is 4. The van der Waals surface area contributed by atoms with Gasteiger partial charge in [0, 0.05) is 12.6 Å². The third kappa shape index (κ3) is 2.32. The Balaban J connectivity index is 1.67. The Morgan fingerprint density at radius 3 is 2.67 bits per heavy atom. The molecule has 0 aromatic rings. The van der Waals surface area contributed by atoms with Crippen molar-refractivity contribution in [3.8, 4) is 0 Å². The van der Waals surface area contributed by atoms with E-state index in [1.807, 2.05) is 0 Å². The van der Waals surface area contributed by atoms with Gasteiger partial charge in [0.2, 0.25) is 0 Å². The average molecular weight is 273 g/mol. The van der Waals surface area contributed by atoms with Crippen LogP contribution < -0.4 is 5.32 Å². The van der Waals surface area contributed by atoms with Crippen LogP contribution in [0, 0.1) is 5.92 Å². The van der Waals surface area contributed by atoms with E-state index in [1.165, 1.54) is 19.3 Å². The summed E-state index contributed by atoms with van der Waals surface area (Å²) in [5.41, 5.74) is -0.0767. The van der Waals surface area contributed by atoms with Crippen molar-refractivity contribution in [3.05, 3.63) is 0 Å². The maximum atomic E-state index is 11.6. The van der Waals surface area contributed by atoms with Gasteiger partial charge in [0.25, 0.3) is 0 Å². The van der Waals surface area contributed by atoms with Gasteiger partial charge in [0.05, 0.1) is 23.2 Å². The summed E-state index contributed by atoms with van der Waals surface area (Å²) < 4.78 is 29.5. The first-order chi connectivity index (χ1) is 8.52. The molecule has 0 radical (unpaired) electrons. The molecule has 0 bridgehead atoms. The molecule has 2 saturated heterocycles. The first-order valence-electron chi connectivity index (χ1n) is 7.14. The van der Waals surface area contributed by atoms with Crippen LogP contribution in [0.25, 0.3) is 0 Å². The number of rotatable bonds is 1. The predicted molar refractivity (Wildman–Crippen MR) is 70.3 cm³/mol. The molecule has 1 aliphatic carbocycles. The summed E-state index contributed by atoms with van der Waals surface area (Å²) in [4.78, 5) is 0. The number of sulfone groups is 1. The third-order valence-corrected chi connectivity index (χ3v) is 6.69. The van der Waals surface area contributed by atoms with E-state index in [4.69, 9.17) is 4.74 Å². The molecule has 2 unspecified atom stereocenters. The maximum absolute atomic E-state index is 11.6.